The van der Waals surface area contributed by atoms with E-state index < -0.39 is 73.6 Å². The molecule has 10 nitrogen and oxygen atoms in total. The number of hydrogen-bond donors (Lipinski definition) is 4. The average molecular weight is 528 g/mol. The summed E-state index contributed by atoms with van der Waals surface area (Å²) in [4.78, 5) is 8.62. The molecule has 12 heteroatoms. The van der Waals surface area contributed by atoms with Crippen LogP contribution in [0.5, 0.6) is 0 Å². The van der Waals surface area contributed by atoms with E-state index in [0.717, 1.165) is 17.8 Å². The smallest absolute Gasteiger partial charge is 0.191 e. The summed E-state index contributed by atoms with van der Waals surface area (Å²) in [6, 6.07) is -1.57. The van der Waals surface area contributed by atoms with Gasteiger partial charge in [-0.2, -0.15) is 0 Å². The van der Waals surface area contributed by atoms with Gasteiger partial charge in [0.25, 0.3) is 0 Å². The molecule has 0 saturated heterocycles. The number of nitrogens with zero attached hydrogens (tertiary/aromatic N) is 5. The van der Waals surface area contributed by atoms with Crippen molar-refractivity contribution in [3.8, 4) is 0 Å². The molecule has 0 aliphatic heterocycles. The molecular weight excluding hydrogens is 487 g/mol. The molecule has 2 aliphatic rings. The Morgan fingerprint density at radius 3 is 2.89 bits per heavy atom. The first-order valence-corrected chi connectivity index (χ1v) is 12.2. The normalized spacial score (nSPS) is 44.3. The first kappa shape index (κ1) is 16.5. The molecule has 0 spiro atoms. The van der Waals surface area contributed by atoms with Crippen LogP contribution in [0.4, 0.5) is 10.2 Å². The second kappa shape index (κ2) is 10.5. The zero-order chi connectivity index (χ0) is 33.6. The van der Waals surface area contributed by atoms with Crippen molar-refractivity contribution in [1.29, 1.82) is 0 Å². The maximum Gasteiger partial charge on any atom is 0.191 e. The summed E-state index contributed by atoms with van der Waals surface area (Å²) < 4.78 is 97.4. The van der Waals surface area contributed by atoms with Crippen molar-refractivity contribution in [2.75, 3.05) is 24.3 Å². The Morgan fingerprint density at radius 1 is 1.31 bits per heavy atom. The number of aliphatic hydroxyl groups is 3. The van der Waals surface area contributed by atoms with Gasteiger partial charge in [0.1, 0.15) is 18.0 Å². The van der Waals surface area contributed by atoms with Crippen molar-refractivity contribution in [1.82, 2.24) is 25.0 Å². The molecular formula is C24H31FN6O4S. The predicted molar refractivity (Wildman–Crippen MR) is 133 cm³/mol. The van der Waals surface area contributed by atoms with Crippen LogP contribution in [0.3, 0.4) is 0 Å². The summed E-state index contributed by atoms with van der Waals surface area (Å²) >= 11 is 1.08. The third-order valence-corrected chi connectivity index (χ3v) is 6.50. The quantitative estimate of drug-likeness (QED) is 0.229. The van der Waals surface area contributed by atoms with Gasteiger partial charge < -0.3 is 25.4 Å². The lowest BCUT2D eigenvalue weighted by molar-refractivity contribution is -0.0629. The number of halogens is 1. The third-order valence-electron chi connectivity index (χ3n) is 5.45. The maximum absolute atomic E-state index is 14.4. The fraction of sp³-hybridized carbons (Fsp3) is 0.583. The maximum atomic E-state index is 14.4. The Balaban J connectivity index is 1.68. The summed E-state index contributed by atoms with van der Waals surface area (Å²) in [6.45, 7) is 1.83. The van der Waals surface area contributed by atoms with Gasteiger partial charge in [-0.3, -0.25) is 0 Å². The number of anilines is 1. The third kappa shape index (κ3) is 4.92. The van der Waals surface area contributed by atoms with E-state index in [1.165, 1.54) is 19.1 Å². The lowest BCUT2D eigenvalue weighted by Gasteiger charge is -2.17. The monoisotopic (exact) mass is 527 g/mol. The molecule has 2 aliphatic carbocycles. The highest BCUT2D eigenvalue weighted by Crippen LogP contribution is 2.44. The largest absolute Gasteiger partial charge is 0.394 e. The van der Waals surface area contributed by atoms with Crippen LogP contribution in [-0.4, -0.2) is 83.5 Å². The number of nitrogens with one attached hydrogen (secondary N) is 1. The summed E-state index contributed by atoms with van der Waals surface area (Å²) in [6.07, 6.45) is -16.4. The summed E-state index contributed by atoms with van der Waals surface area (Å²) in [5.74, 6) is -1.59. The van der Waals surface area contributed by atoms with Gasteiger partial charge >= 0.3 is 0 Å². The van der Waals surface area contributed by atoms with Crippen LogP contribution in [0, 0.1) is 12.7 Å². The van der Waals surface area contributed by atoms with Crippen molar-refractivity contribution in [3.05, 3.63) is 35.1 Å². The molecule has 194 valence electrons. The SMILES string of the molecule is [2H]C1([2H])[C@@H](c2ccc(C)c(F)c2)[C@]1([2H])Nc1nc(SCCC)nc2c1nnn2[C@]1([2H])C([2H])([2H])[C@]([2H])(OCCO)[C@@]([2H])(O)[C@@]1([2H])O. The van der Waals surface area contributed by atoms with Crippen molar-refractivity contribution in [2.24, 2.45) is 0 Å². The van der Waals surface area contributed by atoms with Gasteiger partial charge in [-0.1, -0.05) is 36.0 Å². The van der Waals surface area contributed by atoms with Crippen LogP contribution in [0.2, 0.25) is 0 Å². The number of ether oxygens (including phenoxy) is 1. The number of hydrogen-bond acceptors (Lipinski definition) is 10. The van der Waals surface area contributed by atoms with Crippen LogP contribution < -0.4 is 5.32 Å². The number of rotatable bonds is 10. The van der Waals surface area contributed by atoms with Crippen molar-refractivity contribution in [3.63, 3.8) is 0 Å². The minimum atomic E-state index is -3.87. The number of thioether (sulfide) groups is 1. The molecule has 36 heavy (non-hydrogen) atoms. The summed E-state index contributed by atoms with van der Waals surface area (Å²) in [5, 5.41) is 41.6. The zero-order valence-electron chi connectivity index (χ0n) is 28.4. The molecule has 3 aromatic rings. The molecule has 0 radical (unpaired) electrons. The van der Waals surface area contributed by atoms with Gasteiger partial charge in [0.15, 0.2) is 22.1 Å². The first-order valence-electron chi connectivity index (χ1n) is 15.7. The summed E-state index contributed by atoms with van der Waals surface area (Å²) in [5.41, 5.74) is -0.336. The van der Waals surface area contributed by atoms with Gasteiger partial charge in [-0.05, 0) is 36.9 Å². The molecule has 2 saturated carbocycles. The van der Waals surface area contributed by atoms with Crippen LogP contribution in [-0.2, 0) is 4.74 Å². The molecule has 0 amide bonds. The fourth-order valence-electron chi connectivity index (χ4n) is 3.53. The highest BCUT2D eigenvalue weighted by molar-refractivity contribution is 7.99. The van der Waals surface area contributed by atoms with Crippen molar-refractivity contribution in [2.45, 2.75) is 74.4 Å². The van der Waals surface area contributed by atoms with Crippen molar-refractivity contribution >= 4 is 28.7 Å². The number of fused-ring (bicyclic) bond motifs is 1. The van der Waals surface area contributed by atoms with Gasteiger partial charge in [0, 0.05) is 29.5 Å². The molecule has 6 atom stereocenters. The standard InChI is InChI=1S/C24H31FN6O4S/c1-3-8-36-24-27-22(26-16-10-14(16)13-5-4-12(2)15(25)9-13)19-23(28-24)31(30-29-19)17-11-18(35-7-6-32)21(34)20(17)33/h4-5,9,14,16-18,20-21,32-34H,3,6-8,10-11H2,1-2H3,(H,26,27,28)/t14-,16+,17+,18-,20-,21+/m0/s1/i10D2,11D2,16D,17D,18D,20D,21D. The van der Waals surface area contributed by atoms with Crippen LogP contribution in [0.15, 0.2) is 23.4 Å². The van der Waals surface area contributed by atoms with Crippen LogP contribution in [0.1, 0.15) is 61.5 Å². The van der Waals surface area contributed by atoms with Gasteiger partial charge in [-0.25, -0.2) is 19.0 Å². The van der Waals surface area contributed by atoms with Gasteiger partial charge in [-0.15, -0.1) is 5.10 Å². The first-order chi connectivity index (χ1) is 20.7. The lowest BCUT2D eigenvalue weighted by Crippen LogP contribution is -2.33. The predicted octanol–water partition coefficient (Wildman–Crippen LogP) is 2.18. The highest BCUT2D eigenvalue weighted by Gasteiger charge is 2.45. The fourth-order valence-corrected chi connectivity index (χ4v) is 4.22. The second-order valence-electron chi connectivity index (χ2n) is 8.07. The molecule has 4 N–H and O–H groups in total. The Kier molecular flexibility index (Phi) is 4.82. The Morgan fingerprint density at radius 2 is 2.14 bits per heavy atom. The van der Waals surface area contributed by atoms with E-state index in [1.54, 1.807) is 0 Å². The van der Waals surface area contributed by atoms with Crippen molar-refractivity contribution < 1.29 is 36.8 Å². The molecule has 2 fully saturated rings. The minimum absolute atomic E-state index is 0.0383. The van der Waals surface area contributed by atoms with Gasteiger partial charge in [0.05, 0.1) is 32.2 Å². The molecule has 0 bridgehead atoms. The Bertz CT molecular complexity index is 1650. The lowest BCUT2D eigenvalue weighted by atomic mass is 10.1. The average Bonchev–Trinajstić information content (AvgIpc) is 3.20. The molecule has 1 aromatic carbocycles. The Hall–Kier alpha value is -2.38. The highest BCUT2D eigenvalue weighted by atomic mass is 32.2. The molecule has 0 unspecified atom stereocenters. The van der Waals surface area contributed by atoms with E-state index in [-0.39, 0.29) is 22.1 Å². The number of benzene rings is 1. The number of aromatic nitrogens is 5. The topological polar surface area (TPSA) is 138 Å². The van der Waals surface area contributed by atoms with E-state index in [9.17, 15) is 19.7 Å². The second-order valence-corrected chi connectivity index (χ2v) is 9.14. The number of aliphatic hydroxyl groups excluding tert-OH is 1. The molecule has 5 rings (SSSR count). The van der Waals surface area contributed by atoms with E-state index in [4.69, 9.17) is 17.1 Å². The van der Waals surface area contributed by atoms with Gasteiger partial charge in [0.2, 0.25) is 0 Å². The molecule has 2 heterocycles. The van der Waals surface area contributed by atoms with E-state index in [2.05, 4.69) is 25.6 Å². The van der Waals surface area contributed by atoms with E-state index in [1.807, 2.05) is 6.92 Å². The summed E-state index contributed by atoms with van der Waals surface area (Å²) in [7, 11) is 0. The van der Waals surface area contributed by atoms with Crippen LogP contribution in [0.25, 0.3) is 11.2 Å². The van der Waals surface area contributed by atoms with E-state index >= 15 is 0 Å². The number of aryl methyl sites for hydroxylation is 1. The molecule has 2 aromatic heterocycles. The Labute approximate surface area is 224 Å². The zero-order valence-corrected chi connectivity index (χ0v) is 20.2. The minimum Gasteiger partial charge on any atom is -0.394 e. The van der Waals surface area contributed by atoms with Crippen LogP contribution >= 0.6 is 11.8 Å². The van der Waals surface area contributed by atoms with E-state index in [0.29, 0.717) is 22.4 Å².